The first-order chi connectivity index (χ1) is 11.8. The lowest BCUT2D eigenvalue weighted by Gasteiger charge is -2.10. The molecule has 25 heavy (non-hydrogen) atoms. The number of amides is 1. The Balaban J connectivity index is 2.04. The highest BCUT2D eigenvalue weighted by atomic mass is 79.9. The molecule has 0 aliphatic heterocycles. The molecule has 2 aromatic carbocycles. The smallest absolute Gasteiger partial charge is 0.345 e. The minimum Gasteiger partial charge on any atom is -0.452 e. The number of halogens is 1. The maximum absolute atomic E-state index is 12.1. The molecule has 7 nitrogen and oxygen atoms in total. The van der Waals surface area contributed by atoms with Gasteiger partial charge in [-0.05, 0) is 43.7 Å². The maximum atomic E-state index is 12.1. The third kappa shape index (κ3) is 4.63. The topological polar surface area (TPSA) is 98.5 Å². The van der Waals surface area contributed by atoms with E-state index in [0.717, 1.165) is 10.0 Å². The summed E-state index contributed by atoms with van der Waals surface area (Å²) in [7, 11) is 0. The lowest BCUT2D eigenvalue weighted by Crippen LogP contribution is -2.21. The number of esters is 1. The van der Waals surface area contributed by atoms with E-state index in [4.69, 9.17) is 4.74 Å². The number of hydrogen-bond acceptors (Lipinski definition) is 5. The molecule has 2 rings (SSSR count). The van der Waals surface area contributed by atoms with Crippen LogP contribution < -0.4 is 5.32 Å². The lowest BCUT2D eigenvalue weighted by atomic mass is 10.1. The maximum Gasteiger partial charge on any atom is 0.345 e. The van der Waals surface area contributed by atoms with Gasteiger partial charge in [0, 0.05) is 15.7 Å². The molecule has 0 aliphatic carbocycles. The van der Waals surface area contributed by atoms with Crippen molar-refractivity contribution in [2.24, 2.45) is 0 Å². The summed E-state index contributed by atoms with van der Waals surface area (Å²) < 4.78 is 5.78. The van der Waals surface area contributed by atoms with E-state index in [1.165, 1.54) is 25.1 Å². The minimum atomic E-state index is -0.918. The molecule has 0 unspecified atom stereocenters. The summed E-state index contributed by atoms with van der Waals surface area (Å²) in [6, 6.07) is 9.65. The molecule has 0 bridgehead atoms. The van der Waals surface area contributed by atoms with E-state index in [1.807, 2.05) is 13.0 Å². The Bertz CT molecular complexity index is 851. The average Bonchev–Trinajstić information content (AvgIpc) is 2.54. The summed E-state index contributed by atoms with van der Waals surface area (Å²) in [5.41, 5.74) is 1.26. The zero-order valence-corrected chi connectivity index (χ0v) is 15.1. The highest BCUT2D eigenvalue weighted by Crippen LogP contribution is 2.24. The predicted molar refractivity (Wildman–Crippen MR) is 95.6 cm³/mol. The van der Waals surface area contributed by atoms with Crippen LogP contribution in [0.4, 0.5) is 11.4 Å². The fourth-order valence-corrected chi connectivity index (χ4v) is 2.70. The van der Waals surface area contributed by atoms with Gasteiger partial charge in [-0.1, -0.05) is 28.1 Å². The van der Waals surface area contributed by atoms with E-state index in [9.17, 15) is 19.7 Å². The summed E-state index contributed by atoms with van der Waals surface area (Å²) in [4.78, 5) is 34.5. The molecule has 130 valence electrons. The van der Waals surface area contributed by atoms with Gasteiger partial charge in [0.1, 0.15) is 5.56 Å². The van der Waals surface area contributed by atoms with Gasteiger partial charge in [-0.15, -0.1) is 0 Å². The number of nitro groups is 1. The average molecular weight is 407 g/mol. The van der Waals surface area contributed by atoms with E-state index < -0.39 is 23.4 Å². The Morgan fingerprint density at radius 3 is 2.56 bits per heavy atom. The van der Waals surface area contributed by atoms with Crippen LogP contribution in [-0.4, -0.2) is 23.4 Å². The van der Waals surface area contributed by atoms with Crippen molar-refractivity contribution in [2.45, 2.75) is 13.8 Å². The second-order valence-corrected chi connectivity index (χ2v) is 6.23. The molecule has 0 atom stereocenters. The summed E-state index contributed by atoms with van der Waals surface area (Å²) in [6.07, 6.45) is 0. The molecule has 0 fully saturated rings. The van der Waals surface area contributed by atoms with Crippen molar-refractivity contribution in [3.05, 3.63) is 67.7 Å². The van der Waals surface area contributed by atoms with Gasteiger partial charge in [0.2, 0.25) is 0 Å². The number of benzene rings is 2. The fourth-order valence-electron chi connectivity index (χ4n) is 2.23. The van der Waals surface area contributed by atoms with Crippen LogP contribution in [0.25, 0.3) is 0 Å². The Labute approximate surface area is 152 Å². The monoisotopic (exact) mass is 406 g/mol. The first kappa shape index (κ1) is 18.6. The van der Waals surface area contributed by atoms with Gasteiger partial charge >= 0.3 is 5.97 Å². The van der Waals surface area contributed by atoms with Gasteiger partial charge in [-0.2, -0.15) is 0 Å². The van der Waals surface area contributed by atoms with Crippen LogP contribution in [0.5, 0.6) is 0 Å². The quantitative estimate of drug-likeness (QED) is 0.462. The van der Waals surface area contributed by atoms with Gasteiger partial charge in [-0.25, -0.2) is 4.79 Å². The van der Waals surface area contributed by atoms with Crippen LogP contribution in [0.15, 0.2) is 40.9 Å². The summed E-state index contributed by atoms with van der Waals surface area (Å²) in [5, 5.41) is 13.7. The minimum absolute atomic E-state index is 0.183. The third-order valence-electron chi connectivity index (χ3n) is 3.44. The molecule has 0 radical (unpaired) electrons. The van der Waals surface area contributed by atoms with Crippen molar-refractivity contribution in [1.82, 2.24) is 0 Å². The molecule has 2 aromatic rings. The van der Waals surface area contributed by atoms with Crippen LogP contribution in [0.2, 0.25) is 0 Å². The lowest BCUT2D eigenvalue weighted by molar-refractivity contribution is -0.385. The van der Waals surface area contributed by atoms with Gasteiger partial charge < -0.3 is 10.1 Å². The van der Waals surface area contributed by atoms with E-state index in [-0.39, 0.29) is 11.3 Å². The number of rotatable bonds is 5. The van der Waals surface area contributed by atoms with Crippen LogP contribution in [0.3, 0.4) is 0 Å². The number of para-hydroxylation sites is 1. The van der Waals surface area contributed by atoms with Crippen LogP contribution in [-0.2, 0) is 9.53 Å². The predicted octanol–water partition coefficient (Wildman–Crippen LogP) is 3.77. The normalized spacial score (nSPS) is 10.2. The number of ether oxygens (including phenoxy) is 1. The number of anilines is 1. The number of carbonyl (C=O) groups excluding carboxylic acids is 2. The van der Waals surface area contributed by atoms with E-state index >= 15 is 0 Å². The Hall–Kier alpha value is -2.74. The van der Waals surface area contributed by atoms with Crippen molar-refractivity contribution in [3.8, 4) is 0 Å². The zero-order chi connectivity index (χ0) is 18.6. The SMILES string of the molecule is Cc1cc(Br)ccc1NC(=O)COC(=O)c1cccc(C)c1[N+](=O)[O-]. The van der Waals surface area contributed by atoms with Crippen LogP contribution in [0.1, 0.15) is 21.5 Å². The summed E-state index contributed by atoms with van der Waals surface area (Å²) in [6.45, 7) is 2.81. The molecular formula is C17H15BrN2O5. The van der Waals surface area contributed by atoms with Gasteiger partial charge in [0.15, 0.2) is 6.61 Å². The first-order valence-corrected chi connectivity index (χ1v) is 8.06. The Morgan fingerprint density at radius 2 is 1.92 bits per heavy atom. The molecule has 0 aliphatic rings. The van der Waals surface area contributed by atoms with Crippen molar-refractivity contribution < 1.29 is 19.2 Å². The van der Waals surface area contributed by atoms with Crippen LogP contribution >= 0.6 is 15.9 Å². The second kappa shape index (κ2) is 7.89. The fraction of sp³-hybridized carbons (Fsp3) is 0.176. The van der Waals surface area contributed by atoms with Crippen molar-refractivity contribution in [3.63, 3.8) is 0 Å². The number of nitrogens with zero attached hydrogens (tertiary/aromatic N) is 1. The molecule has 0 spiro atoms. The van der Waals surface area contributed by atoms with Crippen LogP contribution in [0, 0.1) is 24.0 Å². The molecule has 8 heteroatoms. The number of nitrogens with one attached hydrogen (secondary N) is 1. The molecule has 0 heterocycles. The zero-order valence-electron chi connectivity index (χ0n) is 13.5. The number of nitro benzene ring substituents is 1. The molecular weight excluding hydrogens is 392 g/mol. The summed E-state index contributed by atoms with van der Waals surface area (Å²) >= 11 is 3.33. The summed E-state index contributed by atoms with van der Waals surface area (Å²) in [5.74, 6) is -1.45. The third-order valence-corrected chi connectivity index (χ3v) is 3.93. The molecule has 1 amide bonds. The van der Waals surface area contributed by atoms with Gasteiger partial charge in [-0.3, -0.25) is 14.9 Å². The second-order valence-electron chi connectivity index (χ2n) is 5.31. The number of hydrogen-bond donors (Lipinski definition) is 1. The molecule has 1 N–H and O–H groups in total. The van der Waals surface area contributed by atoms with Gasteiger partial charge in [0.05, 0.1) is 4.92 Å². The highest BCUT2D eigenvalue weighted by molar-refractivity contribution is 9.10. The molecule has 0 saturated heterocycles. The first-order valence-electron chi connectivity index (χ1n) is 7.26. The van der Waals surface area contributed by atoms with Crippen molar-refractivity contribution in [2.75, 3.05) is 11.9 Å². The highest BCUT2D eigenvalue weighted by Gasteiger charge is 2.24. The van der Waals surface area contributed by atoms with E-state index in [0.29, 0.717) is 11.3 Å². The molecule has 0 saturated carbocycles. The van der Waals surface area contributed by atoms with Gasteiger partial charge in [0.25, 0.3) is 11.6 Å². The number of aryl methyl sites for hydroxylation is 2. The standard InChI is InChI=1S/C17H15BrN2O5/c1-10-4-3-5-13(16(10)20(23)24)17(22)25-9-15(21)19-14-7-6-12(18)8-11(14)2/h3-8H,9H2,1-2H3,(H,19,21). The van der Waals surface area contributed by atoms with Crippen molar-refractivity contribution in [1.29, 1.82) is 0 Å². The van der Waals surface area contributed by atoms with E-state index in [2.05, 4.69) is 21.2 Å². The number of carbonyl (C=O) groups is 2. The van der Waals surface area contributed by atoms with Crippen molar-refractivity contribution >= 4 is 39.2 Å². The largest absolute Gasteiger partial charge is 0.452 e. The molecule has 0 aromatic heterocycles. The Kier molecular flexibility index (Phi) is 5.87. The van der Waals surface area contributed by atoms with E-state index in [1.54, 1.807) is 12.1 Å². The Morgan fingerprint density at radius 1 is 1.20 bits per heavy atom.